The number of aliphatic hydroxyl groups excluding tert-OH is 1. The van der Waals surface area contributed by atoms with Crippen molar-refractivity contribution in [2.24, 2.45) is 0 Å². The molecule has 2 N–H and O–H groups in total. The number of rotatable bonds is 10. The molecule has 0 spiro atoms. The highest BCUT2D eigenvalue weighted by Crippen LogP contribution is 2.36. The van der Waals surface area contributed by atoms with E-state index in [1.54, 1.807) is 25.2 Å². The Hall–Kier alpha value is -2.72. The monoisotopic (exact) mass is 502 g/mol. The van der Waals surface area contributed by atoms with Gasteiger partial charge in [0.15, 0.2) is 5.82 Å². The second-order valence-corrected chi connectivity index (χ2v) is 9.04. The van der Waals surface area contributed by atoms with Crippen molar-refractivity contribution in [3.8, 4) is 34.3 Å². The van der Waals surface area contributed by atoms with Crippen LogP contribution in [-0.4, -0.2) is 65.9 Å². The SMILES string of the molecule is CNC[C@@H](O)COc1ccc(Cl)c(-c2nc(OC[C@H]3CCCO3)c(C)c(-c3c(C)noc3C)n2)c1. The van der Waals surface area contributed by atoms with Gasteiger partial charge in [0.1, 0.15) is 30.8 Å². The molecule has 4 rings (SSSR count). The number of aryl methyl sites for hydroxylation is 2. The lowest BCUT2D eigenvalue weighted by Crippen LogP contribution is -2.29. The molecule has 2 aromatic heterocycles. The molecule has 9 nitrogen and oxygen atoms in total. The molecule has 3 aromatic rings. The first-order valence-corrected chi connectivity index (χ1v) is 12.1. The number of aromatic nitrogens is 3. The van der Waals surface area contributed by atoms with Gasteiger partial charge in [-0.3, -0.25) is 0 Å². The molecule has 0 saturated carbocycles. The Bertz CT molecular complexity index is 1140. The maximum Gasteiger partial charge on any atom is 0.220 e. The van der Waals surface area contributed by atoms with Gasteiger partial charge in [-0.1, -0.05) is 16.8 Å². The average molecular weight is 503 g/mol. The molecule has 1 aliphatic rings. The smallest absolute Gasteiger partial charge is 0.220 e. The number of halogens is 1. The van der Waals surface area contributed by atoms with Gasteiger partial charge < -0.3 is 29.2 Å². The summed E-state index contributed by atoms with van der Waals surface area (Å²) in [5.74, 6) is 2.04. The highest BCUT2D eigenvalue weighted by atomic mass is 35.5. The van der Waals surface area contributed by atoms with E-state index in [0.29, 0.717) is 52.6 Å². The number of ether oxygens (including phenoxy) is 3. The maximum absolute atomic E-state index is 9.98. The zero-order valence-corrected chi connectivity index (χ0v) is 21.2. The van der Waals surface area contributed by atoms with Crippen LogP contribution in [0.5, 0.6) is 11.6 Å². The third-order valence-corrected chi connectivity index (χ3v) is 6.19. The van der Waals surface area contributed by atoms with Crippen LogP contribution in [0.15, 0.2) is 22.7 Å². The van der Waals surface area contributed by atoms with Crippen molar-refractivity contribution in [3.05, 3.63) is 40.2 Å². The molecule has 10 heteroatoms. The molecule has 3 heterocycles. The van der Waals surface area contributed by atoms with Crippen molar-refractivity contribution in [2.45, 2.75) is 45.8 Å². The fraction of sp³-hybridized carbons (Fsp3) is 0.480. The van der Waals surface area contributed by atoms with Crippen molar-refractivity contribution in [2.75, 3.05) is 33.4 Å². The second kappa shape index (κ2) is 11.3. The molecule has 2 atom stereocenters. The number of benzene rings is 1. The van der Waals surface area contributed by atoms with E-state index in [-0.39, 0.29) is 12.7 Å². The van der Waals surface area contributed by atoms with Crippen molar-refractivity contribution in [1.29, 1.82) is 0 Å². The molecule has 0 bridgehead atoms. The maximum atomic E-state index is 9.98. The number of nitrogens with zero attached hydrogens (tertiary/aromatic N) is 3. The lowest BCUT2D eigenvalue weighted by Gasteiger charge is -2.17. The van der Waals surface area contributed by atoms with Crippen LogP contribution in [0.4, 0.5) is 0 Å². The molecule has 0 radical (unpaired) electrons. The van der Waals surface area contributed by atoms with E-state index in [2.05, 4.69) is 10.5 Å². The van der Waals surface area contributed by atoms with Crippen molar-refractivity contribution >= 4 is 11.6 Å². The molecule has 1 fully saturated rings. The third-order valence-electron chi connectivity index (χ3n) is 5.86. The fourth-order valence-electron chi connectivity index (χ4n) is 4.02. The summed E-state index contributed by atoms with van der Waals surface area (Å²) >= 11 is 6.57. The highest BCUT2D eigenvalue weighted by Gasteiger charge is 2.23. The van der Waals surface area contributed by atoms with E-state index in [4.69, 9.17) is 40.3 Å². The molecule has 0 aliphatic carbocycles. The van der Waals surface area contributed by atoms with Crippen LogP contribution in [0.3, 0.4) is 0 Å². The van der Waals surface area contributed by atoms with Gasteiger partial charge in [0.25, 0.3) is 0 Å². The number of hydrogen-bond donors (Lipinski definition) is 2. The molecular formula is C25H31ClN4O5. The first-order chi connectivity index (χ1) is 16.9. The summed E-state index contributed by atoms with van der Waals surface area (Å²) in [7, 11) is 1.77. The fourth-order valence-corrected chi connectivity index (χ4v) is 4.22. The Kier molecular flexibility index (Phi) is 8.22. The Morgan fingerprint density at radius 1 is 1.23 bits per heavy atom. The molecule has 0 unspecified atom stereocenters. The number of likely N-dealkylation sites (N-methyl/N-ethyl adjacent to an activating group) is 1. The minimum atomic E-state index is -0.640. The Morgan fingerprint density at radius 2 is 2.06 bits per heavy atom. The van der Waals surface area contributed by atoms with Crippen LogP contribution >= 0.6 is 11.6 Å². The van der Waals surface area contributed by atoms with Crippen LogP contribution in [0, 0.1) is 20.8 Å². The van der Waals surface area contributed by atoms with Crippen LogP contribution in [-0.2, 0) is 4.74 Å². The van der Waals surface area contributed by atoms with Gasteiger partial charge in [-0.05, 0) is 58.9 Å². The number of hydrogen-bond acceptors (Lipinski definition) is 9. The molecule has 0 amide bonds. The first kappa shape index (κ1) is 25.4. The quantitative estimate of drug-likeness (QED) is 0.426. The minimum Gasteiger partial charge on any atom is -0.491 e. The molecule has 35 heavy (non-hydrogen) atoms. The van der Waals surface area contributed by atoms with Crippen molar-refractivity contribution in [3.63, 3.8) is 0 Å². The van der Waals surface area contributed by atoms with E-state index in [1.165, 1.54) is 0 Å². The summed E-state index contributed by atoms with van der Waals surface area (Å²) in [5.41, 5.74) is 3.55. The highest BCUT2D eigenvalue weighted by molar-refractivity contribution is 6.33. The minimum absolute atomic E-state index is 0.0414. The van der Waals surface area contributed by atoms with Crippen molar-refractivity contribution < 1.29 is 23.8 Å². The van der Waals surface area contributed by atoms with E-state index in [0.717, 1.165) is 36.3 Å². The van der Waals surface area contributed by atoms with Gasteiger partial charge in [0.2, 0.25) is 5.88 Å². The first-order valence-electron chi connectivity index (χ1n) is 11.7. The molecular weight excluding hydrogens is 472 g/mol. The van der Waals surface area contributed by atoms with Gasteiger partial charge in [-0.2, -0.15) is 4.98 Å². The van der Waals surface area contributed by atoms with Gasteiger partial charge in [0, 0.05) is 24.3 Å². The lowest BCUT2D eigenvalue weighted by molar-refractivity contribution is 0.0661. The van der Waals surface area contributed by atoms with Crippen LogP contribution in [0.2, 0.25) is 5.02 Å². The predicted molar refractivity (Wildman–Crippen MR) is 132 cm³/mol. The third kappa shape index (κ3) is 5.92. The van der Waals surface area contributed by atoms with Gasteiger partial charge in [0.05, 0.1) is 28.1 Å². The van der Waals surface area contributed by atoms with Crippen LogP contribution in [0.1, 0.15) is 29.9 Å². The number of nitrogens with one attached hydrogen (secondary N) is 1. The second-order valence-electron chi connectivity index (χ2n) is 8.64. The van der Waals surface area contributed by atoms with E-state index < -0.39 is 6.10 Å². The summed E-state index contributed by atoms with van der Waals surface area (Å²) in [5, 5.41) is 17.5. The molecule has 1 aromatic carbocycles. The van der Waals surface area contributed by atoms with E-state index >= 15 is 0 Å². The summed E-state index contributed by atoms with van der Waals surface area (Å²) in [6, 6.07) is 5.23. The van der Waals surface area contributed by atoms with Gasteiger partial charge in [-0.15, -0.1) is 0 Å². The normalized spacial score (nSPS) is 16.5. The zero-order valence-electron chi connectivity index (χ0n) is 20.4. The van der Waals surface area contributed by atoms with E-state index in [1.807, 2.05) is 20.8 Å². The molecule has 1 saturated heterocycles. The Labute approximate surface area is 209 Å². The largest absolute Gasteiger partial charge is 0.491 e. The zero-order chi connectivity index (χ0) is 24.9. The Morgan fingerprint density at radius 3 is 2.74 bits per heavy atom. The standard InChI is InChI=1S/C25H31ClN4O5/c1-14-23(22-15(2)30-35-16(22)3)28-24(29-25(14)34-13-19-6-5-9-32-19)20-10-18(7-8-21(20)26)33-12-17(31)11-27-4/h7-8,10,17,19,27,31H,5-6,9,11-13H2,1-4H3/t17-,19-/m1/s1. The Balaban J connectivity index is 1.72. The van der Waals surface area contributed by atoms with Crippen LogP contribution < -0.4 is 14.8 Å². The van der Waals surface area contributed by atoms with E-state index in [9.17, 15) is 5.11 Å². The lowest BCUT2D eigenvalue weighted by atomic mass is 10.1. The van der Waals surface area contributed by atoms with Crippen LogP contribution in [0.25, 0.3) is 22.6 Å². The summed E-state index contributed by atoms with van der Waals surface area (Å²) in [6.45, 7) is 7.35. The predicted octanol–water partition coefficient (Wildman–Crippen LogP) is 3.89. The molecule has 188 valence electrons. The number of aliphatic hydroxyl groups is 1. The van der Waals surface area contributed by atoms with Crippen molar-refractivity contribution in [1.82, 2.24) is 20.4 Å². The topological polar surface area (TPSA) is 112 Å². The average Bonchev–Trinajstić information content (AvgIpc) is 3.48. The summed E-state index contributed by atoms with van der Waals surface area (Å²) in [6.07, 6.45) is 1.38. The van der Waals surface area contributed by atoms with Gasteiger partial charge in [-0.25, -0.2) is 4.98 Å². The summed E-state index contributed by atoms with van der Waals surface area (Å²) in [4.78, 5) is 9.57. The van der Waals surface area contributed by atoms with Gasteiger partial charge >= 0.3 is 0 Å². The summed E-state index contributed by atoms with van der Waals surface area (Å²) < 4.78 is 23.0. The molecule has 1 aliphatic heterocycles.